The van der Waals surface area contributed by atoms with Crippen LogP contribution in [0.3, 0.4) is 0 Å². The van der Waals surface area contributed by atoms with E-state index in [-0.39, 0.29) is 5.41 Å². The number of benzene rings is 2. The SMILES string of the molecule is CC1CN(Cc2ccccc2)CCC1N1CC[C@@](C)(c2cccc(C(=O)O)c2)[C@@H](C)C1. The van der Waals surface area contributed by atoms with E-state index in [2.05, 4.69) is 67.0 Å². The van der Waals surface area contributed by atoms with Crippen molar-refractivity contribution >= 4 is 5.97 Å². The number of carboxylic acid groups (broad SMARTS) is 1. The number of carboxylic acids is 1. The van der Waals surface area contributed by atoms with E-state index >= 15 is 0 Å². The zero-order chi connectivity index (χ0) is 22.0. The Bertz CT molecular complexity index is 899. The molecule has 0 saturated carbocycles. The number of carbonyl (C=O) groups is 1. The summed E-state index contributed by atoms with van der Waals surface area (Å²) in [5, 5.41) is 9.40. The highest BCUT2D eigenvalue weighted by atomic mass is 16.4. The van der Waals surface area contributed by atoms with Crippen LogP contribution < -0.4 is 0 Å². The summed E-state index contributed by atoms with van der Waals surface area (Å²) in [5.41, 5.74) is 3.00. The lowest BCUT2D eigenvalue weighted by molar-refractivity contribution is 0.0135. The molecule has 4 rings (SSSR count). The van der Waals surface area contributed by atoms with Crippen molar-refractivity contribution in [3.05, 3.63) is 71.3 Å². The minimum absolute atomic E-state index is 0.0270. The fraction of sp³-hybridized carbons (Fsp3) is 0.519. The molecule has 2 aromatic rings. The Morgan fingerprint density at radius 2 is 1.84 bits per heavy atom. The first-order valence-electron chi connectivity index (χ1n) is 11.7. The van der Waals surface area contributed by atoms with Crippen LogP contribution in [0.25, 0.3) is 0 Å². The minimum Gasteiger partial charge on any atom is -0.478 e. The molecule has 2 saturated heterocycles. The Hall–Kier alpha value is -2.17. The van der Waals surface area contributed by atoms with Crippen molar-refractivity contribution in [3.8, 4) is 0 Å². The van der Waals surface area contributed by atoms with Gasteiger partial charge in [-0.3, -0.25) is 9.80 Å². The molecule has 0 bridgehead atoms. The summed E-state index contributed by atoms with van der Waals surface area (Å²) in [6, 6.07) is 19.0. The Morgan fingerprint density at radius 3 is 2.52 bits per heavy atom. The Labute approximate surface area is 186 Å². The summed E-state index contributed by atoms with van der Waals surface area (Å²) in [6.45, 7) is 12.6. The maximum atomic E-state index is 11.4. The van der Waals surface area contributed by atoms with Crippen LogP contribution in [0.1, 0.15) is 55.1 Å². The number of rotatable bonds is 5. The van der Waals surface area contributed by atoms with Gasteiger partial charge in [-0.05, 0) is 66.4 Å². The van der Waals surface area contributed by atoms with Gasteiger partial charge in [-0.1, -0.05) is 63.2 Å². The quantitative estimate of drug-likeness (QED) is 0.748. The van der Waals surface area contributed by atoms with Gasteiger partial charge in [-0.25, -0.2) is 4.79 Å². The number of hydrogen-bond donors (Lipinski definition) is 1. The normalized spacial score (nSPS) is 30.2. The highest BCUT2D eigenvalue weighted by Crippen LogP contribution is 2.41. The summed E-state index contributed by atoms with van der Waals surface area (Å²) in [7, 11) is 0. The summed E-state index contributed by atoms with van der Waals surface area (Å²) >= 11 is 0. The van der Waals surface area contributed by atoms with Crippen molar-refractivity contribution in [2.45, 2.75) is 51.6 Å². The Kier molecular flexibility index (Phi) is 6.49. The van der Waals surface area contributed by atoms with Crippen LogP contribution in [0.15, 0.2) is 54.6 Å². The zero-order valence-electron chi connectivity index (χ0n) is 19.1. The second-order valence-electron chi connectivity index (χ2n) is 10.0. The van der Waals surface area contributed by atoms with E-state index in [0.29, 0.717) is 23.4 Å². The third-order valence-electron chi connectivity index (χ3n) is 7.95. The van der Waals surface area contributed by atoms with Crippen LogP contribution >= 0.6 is 0 Å². The van der Waals surface area contributed by atoms with Crippen LogP contribution in [0.4, 0.5) is 0 Å². The standard InChI is InChI=1S/C27H36N2O2/c1-20-17-28(19-22-8-5-4-6-9-22)14-12-25(20)29-15-13-27(3,21(2)18-29)24-11-7-10-23(16-24)26(30)31/h4-11,16,20-21,25H,12-15,17-19H2,1-3H3,(H,30,31)/t20?,21-,25?,27+/m0/s1. The zero-order valence-corrected chi connectivity index (χ0v) is 19.1. The predicted octanol–water partition coefficient (Wildman–Crippen LogP) is 4.89. The van der Waals surface area contributed by atoms with E-state index in [1.165, 1.54) is 17.5 Å². The van der Waals surface area contributed by atoms with Crippen molar-refractivity contribution in [2.24, 2.45) is 11.8 Å². The van der Waals surface area contributed by atoms with Crippen molar-refractivity contribution in [1.29, 1.82) is 0 Å². The number of aromatic carboxylic acids is 1. The molecule has 4 nitrogen and oxygen atoms in total. The molecule has 4 heteroatoms. The van der Waals surface area contributed by atoms with E-state index in [1.54, 1.807) is 6.07 Å². The van der Waals surface area contributed by atoms with E-state index < -0.39 is 5.97 Å². The van der Waals surface area contributed by atoms with Crippen molar-refractivity contribution in [1.82, 2.24) is 9.80 Å². The van der Waals surface area contributed by atoms with Crippen LogP contribution in [0, 0.1) is 11.8 Å². The number of hydrogen-bond acceptors (Lipinski definition) is 3. The van der Waals surface area contributed by atoms with Crippen molar-refractivity contribution in [3.63, 3.8) is 0 Å². The monoisotopic (exact) mass is 420 g/mol. The van der Waals surface area contributed by atoms with Crippen LogP contribution in [-0.2, 0) is 12.0 Å². The van der Waals surface area contributed by atoms with E-state index in [1.807, 2.05) is 12.1 Å². The van der Waals surface area contributed by atoms with Gasteiger partial charge in [0.25, 0.3) is 0 Å². The molecular formula is C27H36N2O2. The Morgan fingerprint density at radius 1 is 1.06 bits per heavy atom. The molecule has 31 heavy (non-hydrogen) atoms. The minimum atomic E-state index is -0.841. The maximum absolute atomic E-state index is 11.4. The van der Waals surface area contributed by atoms with E-state index in [0.717, 1.165) is 39.1 Å². The van der Waals surface area contributed by atoms with Gasteiger partial charge in [0.2, 0.25) is 0 Å². The van der Waals surface area contributed by atoms with Crippen LogP contribution in [0.2, 0.25) is 0 Å². The molecule has 0 aliphatic carbocycles. The Balaban J connectivity index is 1.39. The third-order valence-corrected chi connectivity index (χ3v) is 7.95. The van der Waals surface area contributed by atoms with E-state index in [4.69, 9.17) is 0 Å². The lowest BCUT2D eigenvalue weighted by atomic mass is 9.67. The molecule has 4 atom stereocenters. The number of nitrogens with zero attached hydrogens (tertiary/aromatic N) is 2. The van der Waals surface area contributed by atoms with Gasteiger partial charge in [0.1, 0.15) is 0 Å². The van der Waals surface area contributed by atoms with Gasteiger partial charge in [0.05, 0.1) is 5.56 Å². The molecular weight excluding hydrogens is 384 g/mol. The number of likely N-dealkylation sites (tertiary alicyclic amines) is 2. The summed E-state index contributed by atoms with van der Waals surface area (Å²) in [5.74, 6) is 0.302. The maximum Gasteiger partial charge on any atom is 0.335 e. The van der Waals surface area contributed by atoms with Crippen molar-refractivity contribution in [2.75, 3.05) is 26.2 Å². The predicted molar refractivity (Wildman–Crippen MR) is 125 cm³/mol. The van der Waals surface area contributed by atoms with Gasteiger partial charge in [0.15, 0.2) is 0 Å². The molecule has 2 aromatic carbocycles. The summed E-state index contributed by atoms with van der Waals surface area (Å²) in [6.07, 6.45) is 2.31. The molecule has 1 N–H and O–H groups in total. The smallest absolute Gasteiger partial charge is 0.335 e. The van der Waals surface area contributed by atoms with Gasteiger partial charge in [-0.15, -0.1) is 0 Å². The second kappa shape index (κ2) is 9.13. The van der Waals surface area contributed by atoms with Crippen LogP contribution in [-0.4, -0.2) is 53.1 Å². The molecule has 166 valence electrons. The molecule has 0 aromatic heterocycles. The fourth-order valence-corrected chi connectivity index (χ4v) is 5.75. The average molecular weight is 421 g/mol. The largest absolute Gasteiger partial charge is 0.478 e. The first-order valence-corrected chi connectivity index (χ1v) is 11.7. The summed E-state index contributed by atoms with van der Waals surface area (Å²) in [4.78, 5) is 16.8. The molecule has 0 amide bonds. The average Bonchev–Trinajstić information content (AvgIpc) is 2.77. The molecule has 0 radical (unpaired) electrons. The molecule has 2 aliphatic heterocycles. The lowest BCUT2D eigenvalue weighted by Gasteiger charge is -2.50. The van der Waals surface area contributed by atoms with E-state index in [9.17, 15) is 9.90 Å². The third kappa shape index (κ3) is 4.70. The highest BCUT2D eigenvalue weighted by molar-refractivity contribution is 5.87. The first-order chi connectivity index (χ1) is 14.9. The second-order valence-corrected chi connectivity index (χ2v) is 10.0. The molecule has 2 unspecified atom stereocenters. The fourth-order valence-electron chi connectivity index (χ4n) is 5.75. The van der Waals surface area contributed by atoms with Gasteiger partial charge in [0, 0.05) is 25.7 Å². The van der Waals surface area contributed by atoms with Gasteiger partial charge >= 0.3 is 5.97 Å². The van der Waals surface area contributed by atoms with Gasteiger partial charge < -0.3 is 5.11 Å². The first kappa shape index (κ1) is 22.0. The molecule has 2 heterocycles. The topological polar surface area (TPSA) is 43.8 Å². The highest BCUT2D eigenvalue weighted by Gasteiger charge is 2.41. The number of piperidine rings is 2. The summed E-state index contributed by atoms with van der Waals surface area (Å²) < 4.78 is 0. The lowest BCUT2D eigenvalue weighted by Crippen LogP contribution is -2.56. The van der Waals surface area contributed by atoms with Crippen LogP contribution in [0.5, 0.6) is 0 Å². The molecule has 2 aliphatic rings. The van der Waals surface area contributed by atoms with Crippen molar-refractivity contribution < 1.29 is 9.90 Å². The van der Waals surface area contributed by atoms with Gasteiger partial charge in [-0.2, -0.15) is 0 Å². The molecule has 2 fully saturated rings. The molecule has 0 spiro atoms.